The molecule has 0 saturated carbocycles. The van der Waals surface area contributed by atoms with Gasteiger partial charge in [0.15, 0.2) is 0 Å². The van der Waals surface area contributed by atoms with Crippen LogP contribution < -0.4 is 11.1 Å². The number of aromatic nitrogens is 2. The van der Waals surface area contributed by atoms with Gasteiger partial charge in [0.2, 0.25) is 0 Å². The molecule has 1 unspecified atom stereocenters. The van der Waals surface area contributed by atoms with Crippen molar-refractivity contribution in [2.24, 2.45) is 5.73 Å². The Morgan fingerprint density at radius 3 is 2.89 bits per heavy atom. The van der Waals surface area contributed by atoms with E-state index in [1.165, 1.54) is 11.3 Å². The SMILES string of the molecule is Cc1nc(C(CCN)NC(=O)c2ccc(-c3cccc(Cl)c3)[nH]2)sc1CO. The highest BCUT2D eigenvalue weighted by atomic mass is 35.5. The van der Waals surface area contributed by atoms with Gasteiger partial charge >= 0.3 is 0 Å². The highest BCUT2D eigenvalue weighted by Gasteiger charge is 2.21. The molecule has 0 saturated heterocycles. The molecule has 2 heterocycles. The normalized spacial score (nSPS) is 12.1. The molecule has 1 amide bonds. The van der Waals surface area contributed by atoms with Crippen LogP contribution in [-0.2, 0) is 6.61 Å². The minimum atomic E-state index is -0.301. The summed E-state index contributed by atoms with van der Waals surface area (Å²) in [4.78, 5) is 21.1. The van der Waals surface area contributed by atoms with Crippen LogP contribution in [0.4, 0.5) is 0 Å². The van der Waals surface area contributed by atoms with Gasteiger partial charge in [-0.2, -0.15) is 0 Å². The molecule has 0 fully saturated rings. The Balaban J connectivity index is 1.78. The van der Waals surface area contributed by atoms with Crippen molar-refractivity contribution in [2.45, 2.75) is 26.0 Å². The first-order valence-electron chi connectivity index (χ1n) is 8.54. The van der Waals surface area contributed by atoms with Crippen molar-refractivity contribution in [3.05, 3.63) is 62.7 Å². The van der Waals surface area contributed by atoms with E-state index < -0.39 is 0 Å². The number of carbonyl (C=O) groups excluding carboxylic acids is 1. The summed E-state index contributed by atoms with van der Waals surface area (Å²) in [7, 11) is 0. The lowest BCUT2D eigenvalue weighted by atomic mass is 10.2. The van der Waals surface area contributed by atoms with E-state index in [4.69, 9.17) is 17.3 Å². The molecular formula is C19H21ClN4O2S. The van der Waals surface area contributed by atoms with Crippen molar-refractivity contribution in [3.63, 3.8) is 0 Å². The Morgan fingerprint density at radius 2 is 2.22 bits per heavy atom. The summed E-state index contributed by atoms with van der Waals surface area (Å²) in [5.74, 6) is -0.236. The number of nitrogens with zero attached hydrogens (tertiary/aromatic N) is 1. The number of carbonyl (C=O) groups is 1. The smallest absolute Gasteiger partial charge is 0.268 e. The van der Waals surface area contributed by atoms with Crippen molar-refractivity contribution in [2.75, 3.05) is 6.54 Å². The van der Waals surface area contributed by atoms with Crippen molar-refractivity contribution in [1.29, 1.82) is 0 Å². The number of H-pyrrole nitrogens is 1. The lowest BCUT2D eigenvalue weighted by molar-refractivity contribution is 0.0930. The number of nitrogens with two attached hydrogens (primary N) is 1. The maximum Gasteiger partial charge on any atom is 0.268 e. The van der Waals surface area contributed by atoms with E-state index in [9.17, 15) is 9.90 Å². The van der Waals surface area contributed by atoms with Gasteiger partial charge in [-0.3, -0.25) is 4.79 Å². The summed E-state index contributed by atoms with van der Waals surface area (Å²) < 4.78 is 0. The number of benzene rings is 1. The Bertz CT molecular complexity index is 937. The van der Waals surface area contributed by atoms with Crippen LogP contribution in [0.15, 0.2) is 36.4 Å². The molecule has 2 aromatic heterocycles. The van der Waals surface area contributed by atoms with Crippen LogP contribution in [0.3, 0.4) is 0 Å². The van der Waals surface area contributed by atoms with Crippen LogP contribution in [0.1, 0.15) is 38.5 Å². The number of aliphatic hydroxyl groups is 1. The van der Waals surface area contributed by atoms with E-state index in [0.717, 1.165) is 26.8 Å². The first kappa shape index (κ1) is 19.6. The number of thiazole rings is 1. The maximum absolute atomic E-state index is 12.7. The number of aliphatic hydroxyl groups excluding tert-OH is 1. The second-order valence-electron chi connectivity index (χ2n) is 6.12. The van der Waals surface area contributed by atoms with E-state index in [1.54, 1.807) is 12.1 Å². The van der Waals surface area contributed by atoms with Gasteiger partial charge in [-0.25, -0.2) is 4.98 Å². The predicted molar refractivity (Wildman–Crippen MR) is 108 cm³/mol. The summed E-state index contributed by atoms with van der Waals surface area (Å²) in [5.41, 5.74) is 8.65. The van der Waals surface area contributed by atoms with Crippen LogP contribution in [0, 0.1) is 6.92 Å². The molecule has 6 nitrogen and oxygen atoms in total. The fraction of sp³-hybridized carbons (Fsp3) is 0.263. The summed E-state index contributed by atoms with van der Waals surface area (Å²) in [6.45, 7) is 2.19. The predicted octanol–water partition coefficient (Wildman–Crippen LogP) is 3.41. The Morgan fingerprint density at radius 1 is 1.41 bits per heavy atom. The number of amides is 1. The molecule has 3 aromatic rings. The largest absolute Gasteiger partial charge is 0.391 e. The lowest BCUT2D eigenvalue weighted by Crippen LogP contribution is -2.30. The fourth-order valence-electron chi connectivity index (χ4n) is 2.76. The molecule has 5 N–H and O–H groups in total. The molecule has 0 aliphatic rings. The number of nitrogens with one attached hydrogen (secondary N) is 2. The number of aromatic amines is 1. The molecule has 3 rings (SSSR count). The Kier molecular flexibility index (Phi) is 6.28. The highest BCUT2D eigenvalue weighted by molar-refractivity contribution is 7.11. The van der Waals surface area contributed by atoms with Crippen LogP contribution in [0.5, 0.6) is 0 Å². The average Bonchev–Trinajstić information content (AvgIpc) is 3.28. The zero-order valence-electron chi connectivity index (χ0n) is 14.8. The third-order valence-corrected chi connectivity index (χ3v) is 5.67. The quantitative estimate of drug-likeness (QED) is 0.484. The number of hydrogen-bond donors (Lipinski definition) is 4. The monoisotopic (exact) mass is 404 g/mol. The van der Waals surface area contributed by atoms with E-state index in [0.29, 0.717) is 23.7 Å². The van der Waals surface area contributed by atoms with E-state index in [2.05, 4.69) is 15.3 Å². The van der Waals surface area contributed by atoms with E-state index >= 15 is 0 Å². The molecule has 0 bridgehead atoms. The van der Waals surface area contributed by atoms with E-state index in [1.807, 2.05) is 31.2 Å². The van der Waals surface area contributed by atoms with Gasteiger partial charge in [-0.05, 0) is 49.7 Å². The number of rotatable bonds is 7. The van der Waals surface area contributed by atoms with Crippen molar-refractivity contribution < 1.29 is 9.90 Å². The van der Waals surface area contributed by atoms with Crippen LogP contribution in [0.25, 0.3) is 11.3 Å². The van der Waals surface area contributed by atoms with Crippen LogP contribution in [-0.4, -0.2) is 27.5 Å². The third-order valence-electron chi connectivity index (χ3n) is 4.18. The summed E-state index contributed by atoms with van der Waals surface area (Å²) >= 11 is 7.43. The van der Waals surface area contributed by atoms with Gasteiger partial charge in [-0.15, -0.1) is 11.3 Å². The molecule has 0 radical (unpaired) electrons. The minimum Gasteiger partial charge on any atom is -0.391 e. The summed E-state index contributed by atoms with van der Waals surface area (Å²) in [5, 5.41) is 13.7. The van der Waals surface area contributed by atoms with Crippen molar-refractivity contribution >= 4 is 28.8 Å². The van der Waals surface area contributed by atoms with Gasteiger partial charge in [-0.1, -0.05) is 23.7 Å². The van der Waals surface area contributed by atoms with Crippen molar-refractivity contribution in [3.8, 4) is 11.3 Å². The van der Waals surface area contributed by atoms with Gasteiger partial charge in [0.1, 0.15) is 10.7 Å². The molecule has 1 atom stereocenters. The third kappa shape index (κ3) is 4.56. The topological polar surface area (TPSA) is 104 Å². The molecule has 27 heavy (non-hydrogen) atoms. The lowest BCUT2D eigenvalue weighted by Gasteiger charge is -2.15. The molecular weight excluding hydrogens is 384 g/mol. The standard InChI is InChI=1S/C19H21ClN4O2S/c1-11-17(10-25)27-19(22-11)16(7-8-21)24-18(26)15-6-5-14(23-15)12-3-2-4-13(20)9-12/h2-6,9,16,23,25H,7-8,10,21H2,1H3,(H,24,26). The van der Waals surface area contributed by atoms with Gasteiger partial charge in [0, 0.05) is 10.7 Å². The molecule has 0 aliphatic heterocycles. The van der Waals surface area contributed by atoms with Gasteiger partial charge in [0.25, 0.3) is 5.91 Å². The first-order valence-corrected chi connectivity index (χ1v) is 9.74. The second kappa shape index (κ2) is 8.67. The maximum atomic E-state index is 12.7. The van der Waals surface area contributed by atoms with Crippen LogP contribution >= 0.6 is 22.9 Å². The van der Waals surface area contributed by atoms with Gasteiger partial charge < -0.3 is 21.1 Å². The molecule has 0 spiro atoms. The second-order valence-corrected chi connectivity index (χ2v) is 7.67. The fourth-order valence-corrected chi connectivity index (χ4v) is 3.96. The molecule has 142 valence electrons. The number of hydrogen-bond acceptors (Lipinski definition) is 5. The molecule has 1 aromatic carbocycles. The van der Waals surface area contributed by atoms with E-state index in [-0.39, 0.29) is 18.6 Å². The average molecular weight is 405 g/mol. The number of aryl methyl sites for hydroxylation is 1. The first-order chi connectivity index (χ1) is 13.0. The summed E-state index contributed by atoms with van der Waals surface area (Å²) in [6, 6.07) is 10.7. The zero-order chi connectivity index (χ0) is 19.4. The minimum absolute atomic E-state index is 0.0631. The zero-order valence-corrected chi connectivity index (χ0v) is 16.4. The molecule has 8 heteroatoms. The van der Waals surface area contributed by atoms with Crippen LogP contribution in [0.2, 0.25) is 5.02 Å². The number of halogens is 1. The van der Waals surface area contributed by atoms with Crippen molar-refractivity contribution in [1.82, 2.24) is 15.3 Å². The molecule has 0 aliphatic carbocycles. The Labute approximate surface area is 166 Å². The summed E-state index contributed by atoms with van der Waals surface area (Å²) in [6.07, 6.45) is 0.561. The Hall–Kier alpha value is -2.19. The van der Waals surface area contributed by atoms with Gasteiger partial charge in [0.05, 0.1) is 23.2 Å². The highest BCUT2D eigenvalue weighted by Crippen LogP contribution is 2.26.